The molecule has 0 radical (unpaired) electrons. The van der Waals surface area contributed by atoms with Crippen molar-refractivity contribution in [3.63, 3.8) is 0 Å². The van der Waals surface area contributed by atoms with Crippen molar-refractivity contribution in [1.82, 2.24) is 25.2 Å². The molecule has 0 spiro atoms. The molecule has 1 fully saturated rings. The van der Waals surface area contributed by atoms with Crippen molar-refractivity contribution in [3.8, 4) is 0 Å². The number of anilines is 2. The largest absolute Gasteiger partial charge is 0.383 e. The maximum absolute atomic E-state index is 12.0. The summed E-state index contributed by atoms with van der Waals surface area (Å²) in [7, 11) is 3.94. The number of nitrogen functional groups attached to an aromatic ring is 1. The summed E-state index contributed by atoms with van der Waals surface area (Å²) < 4.78 is 0. The average Bonchev–Trinajstić information content (AvgIpc) is 3.20. The van der Waals surface area contributed by atoms with Crippen molar-refractivity contribution < 1.29 is 4.79 Å². The number of hydrogen-bond donors (Lipinski definition) is 3. The van der Waals surface area contributed by atoms with Crippen LogP contribution in [0, 0.1) is 0 Å². The number of nitrogens with one attached hydrogen (secondary N) is 2. The molecule has 4 N–H and O–H groups in total. The molecule has 1 aliphatic carbocycles. The SMILES string of the molecule is CN(C)C/C=C/C(=O)NC1CC(Nc2ncnc(N)c2C2C=NN(Cc3ccccc3)C2)C1. The molecule has 174 valence electrons. The third kappa shape index (κ3) is 6.07. The zero-order valence-electron chi connectivity index (χ0n) is 19.2. The van der Waals surface area contributed by atoms with Gasteiger partial charge in [0.05, 0.1) is 6.54 Å². The van der Waals surface area contributed by atoms with Crippen molar-refractivity contribution in [2.75, 3.05) is 38.2 Å². The van der Waals surface area contributed by atoms with Gasteiger partial charge >= 0.3 is 0 Å². The molecule has 33 heavy (non-hydrogen) atoms. The van der Waals surface area contributed by atoms with E-state index in [0.717, 1.165) is 43.9 Å². The molecule has 4 rings (SSSR count). The Morgan fingerprint density at radius 1 is 1.21 bits per heavy atom. The summed E-state index contributed by atoms with van der Waals surface area (Å²) in [6.45, 7) is 2.22. The van der Waals surface area contributed by atoms with Gasteiger partial charge < -0.3 is 21.3 Å². The lowest BCUT2D eigenvalue weighted by atomic mass is 9.86. The lowest BCUT2D eigenvalue weighted by Crippen LogP contribution is -2.49. The molecule has 1 aromatic carbocycles. The van der Waals surface area contributed by atoms with E-state index in [0.29, 0.717) is 5.82 Å². The van der Waals surface area contributed by atoms with E-state index < -0.39 is 0 Å². The van der Waals surface area contributed by atoms with Gasteiger partial charge in [0.1, 0.15) is 18.0 Å². The molecule has 1 amide bonds. The lowest BCUT2D eigenvalue weighted by Gasteiger charge is -2.37. The number of nitrogens with two attached hydrogens (primary N) is 1. The van der Waals surface area contributed by atoms with Crippen molar-refractivity contribution in [1.29, 1.82) is 0 Å². The summed E-state index contributed by atoms with van der Waals surface area (Å²) in [5.74, 6) is 1.20. The molecular weight excluding hydrogens is 416 g/mol. The van der Waals surface area contributed by atoms with Crippen LogP contribution in [0.4, 0.5) is 11.6 Å². The zero-order chi connectivity index (χ0) is 23.2. The van der Waals surface area contributed by atoms with E-state index in [1.807, 2.05) is 54.5 Å². The van der Waals surface area contributed by atoms with Gasteiger partial charge in [-0.25, -0.2) is 9.97 Å². The van der Waals surface area contributed by atoms with Crippen LogP contribution in [-0.2, 0) is 11.3 Å². The fourth-order valence-corrected chi connectivity index (χ4v) is 4.12. The highest BCUT2D eigenvalue weighted by Gasteiger charge is 2.32. The smallest absolute Gasteiger partial charge is 0.243 e. The van der Waals surface area contributed by atoms with Gasteiger partial charge in [-0.2, -0.15) is 5.10 Å². The van der Waals surface area contributed by atoms with Gasteiger partial charge in [-0.05, 0) is 32.5 Å². The van der Waals surface area contributed by atoms with Crippen LogP contribution in [0.25, 0.3) is 0 Å². The highest BCUT2D eigenvalue weighted by Crippen LogP contribution is 2.32. The van der Waals surface area contributed by atoms with Crippen molar-refractivity contribution in [3.05, 3.63) is 59.9 Å². The Hall–Kier alpha value is -3.46. The first-order chi connectivity index (χ1) is 16.0. The number of likely N-dealkylation sites (N-methyl/N-ethyl adjacent to an activating group) is 1. The van der Waals surface area contributed by atoms with Crippen LogP contribution >= 0.6 is 0 Å². The van der Waals surface area contributed by atoms with Gasteiger partial charge in [0.2, 0.25) is 5.91 Å². The van der Waals surface area contributed by atoms with Gasteiger partial charge in [0.15, 0.2) is 0 Å². The molecule has 2 aliphatic rings. The fourth-order valence-electron chi connectivity index (χ4n) is 4.12. The standard InChI is InChI=1S/C24H32N8O/c1-31(2)10-6-9-21(33)29-19-11-20(12-19)30-24-22(23(25)26-16-27-24)18-13-28-32(15-18)14-17-7-4-3-5-8-17/h3-9,13,16,18-20H,10-12,14-15H2,1-2H3,(H,29,33)(H3,25,26,27,30)/b9-6+. The minimum Gasteiger partial charge on any atom is -0.383 e. The van der Waals surface area contributed by atoms with Gasteiger partial charge in [-0.1, -0.05) is 36.4 Å². The van der Waals surface area contributed by atoms with Gasteiger partial charge in [-0.3, -0.25) is 9.80 Å². The summed E-state index contributed by atoms with van der Waals surface area (Å²) in [5, 5.41) is 13.2. The Labute approximate surface area is 194 Å². The quantitative estimate of drug-likeness (QED) is 0.502. The Balaban J connectivity index is 1.31. The van der Waals surface area contributed by atoms with E-state index in [2.05, 4.69) is 37.8 Å². The minimum absolute atomic E-state index is 0.0230. The van der Waals surface area contributed by atoms with E-state index in [4.69, 9.17) is 5.73 Å². The molecule has 2 heterocycles. The second kappa shape index (κ2) is 10.4. The molecule has 1 aliphatic heterocycles. The predicted molar refractivity (Wildman–Crippen MR) is 131 cm³/mol. The van der Waals surface area contributed by atoms with Crippen LogP contribution in [0.3, 0.4) is 0 Å². The fraction of sp³-hybridized carbons (Fsp3) is 0.417. The number of amides is 1. The summed E-state index contributed by atoms with van der Waals surface area (Å²) in [4.78, 5) is 22.7. The highest BCUT2D eigenvalue weighted by molar-refractivity contribution is 5.87. The second-order valence-electron chi connectivity index (χ2n) is 8.91. The van der Waals surface area contributed by atoms with Crippen LogP contribution < -0.4 is 16.4 Å². The Morgan fingerprint density at radius 3 is 2.76 bits per heavy atom. The van der Waals surface area contributed by atoms with E-state index in [1.54, 1.807) is 6.08 Å². The third-order valence-electron chi connectivity index (χ3n) is 5.88. The molecule has 9 heteroatoms. The molecule has 1 atom stereocenters. The van der Waals surface area contributed by atoms with Crippen LogP contribution in [0.5, 0.6) is 0 Å². The molecular formula is C24H32N8O. The summed E-state index contributed by atoms with van der Waals surface area (Å²) in [6, 6.07) is 10.7. The van der Waals surface area contributed by atoms with Crippen LogP contribution in [0.2, 0.25) is 0 Å². The Bertz CT molecular complexity index is 1000. The topological polar surface area (TPSA) is 112 Å². The number of hydrazone groups is 1. The van der Waals surface area contributed by atoms with Crippen LogP contribution in [0.15, 0.2) is 53.9 Å². The number of carbonyl (C=O) groups excluding carboxylic acids is 1. The van der Waals surface area contributed by atoms with Crippen molar-refractivity contribution >= 4 is 23.8 Å². The van der Waals surface area contributed by atoms with E-state index in [9.17, 15) is 4.79 Å². The monoisotopic (exact) mass is 448 g/mol. The number of rotatable bonds is 9. The number of hydrogen-bond acceptors (Lipinski definition) is 8. The maximum Gasteiger partial charge on any atom is 0.243 e. The Morgan fingerprint density at radius 2 is 2.00 bits per heavy atom. The van der Waals surface area contributed by atoms with Gasteiger partial charge in [-0.15, -0.1) is 0 Å². The molecule has 0 bridgehead atoms. The summed E-state index contributed by atoms with van der Waals surface area (Å²) in [6.07, 6.45) is 8.56. The van der Waals surface area contributed by atoms with E-state index in [1.165, 1.54) is 11.9 Å². The number of carbonyl (C=O) groups is 1. The number of nitrogens with zero attached hydrogens (tertiary/aromatic N) is 5. The van der Waals surface area contributed by atoms with Crippen LogP contribution in [-0.4, -0.2) is 71.3 Å². The zero-order valence-corrected chi connectivity index (χ0v) is 19.2. The van der Waals surface area contributed by atoms with Gasteiger partial charge in [0, 0.05) is 48.9 Å². The van der Waals surface area contributed by atoms with Crippen molar-refractivity contribution in [2.45, 2.75) is 37.4 Å². The van der Waals surface area contributed by atoms with Crippen molar-refractivity contribution in [2.24, 2.45) is 5.10 Å². The first-order valence-corrected chi connectivity index (χ1v) is 11.3. The predicted octanol–water partition coefficient (Wildman–Crippen LogP) is 1.82. The minimum atomic E-state index is -0.0482. The second-order valence-corrected chi connectivity index (χ2v) is 8.91. The summed E-state index contributed by atoms with van der Waals surface area (Å²) >= 11 is 0. The van der Waals surface area contributed by atoms with Crippen LogP contribution in [0.1, 0.15) is 29.9 Å². The highest BCUT2D eigenvalue weighted by atomic mass is 16.1. The number of benzene rings is 1. The molecule has 1 saturated carbocycles. The van der Waals surface area contributed by atoms with E-state index >= 15 is 0 Å². The Kier molecular flexibility index (Phi) is 7.19. The first kappa shape index (κ1) is 22.7. The molecule has 1 unspecified atom stereocenters. The molecule has 1 aromatic heterocycles. The third-order valence-corrected chi connectivity index (χ3v) is 5.88. The molecule has 9 nitrogen and oxygen atoms in total. The number of aromatic nitrogens is 2. The normalized spacial score (nSPS) is 22.0. The molecule has 2 aromatic rings. The van der Waals surface area contributed by atoms with Gasteiger partial charge in [0.25, 0.3) is 0 Å². The maximum atomic E-state index is 12.0. The molecule has 0 saturated heterocycles. The summed E-state index contributed by atoms with van der Waals surface area (Å²) in [5.41, 5.74) is 8.35. The average molecular weight is 449 g/mol. The lowest BCUT2D eigenvalue weighted by molar-refractivity contribution is -0.117. The van der Waals surface area contributed by atoms with E-state index in [-0.39, 0.29) is 23.9 Å². The first-order valence-electron chi connectivity index (χ1n) is 11.3.